The topological polar surface area (TPSA) is 58.4 Å². The minimum absolute atomic E-state index is 0.130. The molecular formula is C20H27FN4O2S. The predicted molar refractivity (Wildman–Crippen MR) is 105 cm³/mol. The lowest BCUT2D eigenvalue weighted by Crippen LogP contribution is -2.37. The first-order valence-corrected chi connectivity index (χ1v) is 11.4. The van der Waals surface area contributed by atoms with Gasteiger partial charge in [0.05, 0.1) is 22.8 Å². The molecule has 0 unspecified atom stereocenters. The molecule has 0 N–H and O–H groups in total. The van der Waals surface area contributed by atoms with E-state index in [1.54, 1.807) is 0 Å². The van der Waals surface area contributed by atoms with Crippen LogP contribution in [0.3, 0.4) is 0 Å². The van der Waals surface area contributed by atoms with Crippen LogP contribution >= 0.6 is 0 Å². The van der Waals surface area contributed by atoms with Crippen molar-refractivity contribution in [2.75, 3.05) is 19.6 Å². The summed E-state index contributed by atoms with van der Waals surface area (Å²) in [6.07, 6.45) is 3.12. The Morgan fingerprint density at radius 2 is 1.79 bits per heavy atom. The molecule has 4 rings (SSSR count). The first-order valence-electron chi connectivity index (χ1n) is 9.93. The van der Waals surface area contributed by atoms with Crippen LogP contribution in [0.2, 0.25) is 0 Å². The van der Waals surface area contributed by atoms with Gasteiger partial charge in [0, 0.05) is 24.7 Å². The van der Waals surface area contributed by atoms with Crippen molar-refractivity contribution in [1.82, 2.24) is 19.0 Å². The Kier molecular flexibility index (Phi) is 5.28. The van der Waals surface area contributed by atoms with Gasteiger partial charge < -0.3 is 0 Å². The van der Waals surface area contributed by atoms with Gasteiger partial charge in [0.2, 0.25) is 10.0 Å². The average molecular weight is 407 g/mol. The molecule has 0 bridgehead atoms. The number of aromatic nitrogens is 2. The maximum absolute atomic E-state index is 13.2. The summed E-state index contributed by atoms with van der Waals surface area (Å²) >= 11 is 0. The Labute approximate surface area is 166 Å². The van der Waals surface area contributed by atoms with E-state index in [-0.39, 0.29) is 10.9 Å². The number of halogens is 1. The molecule has 0 aliphatic carbocycles. The molecule has 8 heteroatoms. The molecule has 28 heavy (non-hydrogen) atoms. The van der Waals surface area contributed by atoms with Crippen LogP contribution in [0.5, 0.6) is 0 Å². The summed E-state index contributed by atoms with van der Waals surface area (Å²) in [5.41, 5.74) is 3.27. The van der Waals surface area contributed by atoms with Crippen molar-refractivity contribution in [3.63, 3.8) is 0 Å². The zero-order valence-corrected chi connectivity index (χ0v) is 17.3. The van der Waals surface area contributed by atoms with Crippen LogP contribution in [0.25, 0.3) is 0 Å². The van der Waals surface area contributed by atoms with Gasteiger partial charge in [-0.15, -0.1) is 0 Å². The van der Waals surface area contributed by atoms with Crippen LogP contribution in [0.1, 0.15) is 49.7 Å². The van der Waals surface area contributed by atoms with E-state index in [0.29, 0.717) is 19.5 Å². The van der Waals surface area contributed by atoms with Crippen molar-refractivity contribution < 1.29 is 12.8 Å². The van der Waals surface area contributed by atoms with Gasteiger partial charge >= 0.3 is 0 Å². The molecule has 6 nitrogen and oxygen atoms in total. The quantitative estimate of drug-likeness (QED) is 0.766. The molecule has 0 amide bonds. The van der Waals surface area contributed by atoms with Gasteiger partial charge in [-0.1, -0.05) is 0 Å². The van der Waals surface area contributed by atoms with Gasteiger partial charge in [0.1, 0.15) is 5.82 Å². The Balaban J connectivity index is 1.63. The SMILES string of the molecule is CC(C)n1nc(CN2CCCC2)c2c1CN(S(=O)(=O)c1ccc(F)cc1)CC2. The predicted octanol–water partition coefficient (Wildman–Crippen LogP) is 2.95. The first-order chi connectivity index (χ1) is 13.4. The second-order valence-electron chi connectivity index (χ2n) is 7.94. The van der Waals surface area contributed by atoms with E-state index in [1.165, 1.54) is 47.0 Å². The lowest BCUT2D eigenvalue weighted by atomic mass is 10.1. The number of sulfonamides is 1. The molecule has 2 aliphatic heterocycles. The molecule has 0 saturated carbocycles. The summed E-state index contributed by atoms with van der Waals surface area (Å²) in [6.45, 7) is 7.92. The summed E-state index contributed by atoms with van der Waals surface area (Å²) in [7, 11) is -3.66. The second-order valence-corrected chi connectivity index (χ2v) is 9.87. The van der Waals surface area contributed by atoms with E-state index in [4.69, 9.17) is 5.10 Å². The Morgan fingerprint density at radius 3 is 2.43 bits per heavy atom. The molecule has 0 atom stereocenters. The van der Waals surface area contributed by atoms with E-state index in [2.05, 4.69) is 18.7 Å². The Bertz CT molecular complexity index is 947. The number of hydrogen-bond donors (Lipinski definition) is 0. The Hall–Kier alpha value is -1.77. The maximum Gasteiger partial charge on any atom is 0.243 e. The van der Waals surface area contributed by atoms with E-state index < -0.39 is 15.8 Å². The highest BCUT2D eigenvalue weighted by atomic mass is 32.2. The highest BCUT2D eigenvalue weighted by molar-refractivity contribution is 7.89. The third-order valence-electron chi connectivity index (χ3n) is 5.65. The summed E-state index contributed by atoms with van der Waals surface area (Å²) in [5, 5.41) is 4.86. The fourth-order valence-electron chi connectivity index (χ4n) is 4.16. The zero-order chi connectivity index (χ0) is 19.9. The van der Waals surface area contributed by atoms with Crippen molar-refractivity contribution in [2.45, 2.75) is 57.1 Å². The minimum Gasteiger partial charge on any atom is -0.297 e. The fraction of sp³-hybridized carbons (Fsp3) is 0.550. The van der Waals surface area contributed by atoms with E-state index in [9.17, 15) is 12.8 Å². The van der Waals surface area contributed by atoms with Gasteiger partial charge in [-0.2, -0.15) is 9.40 Å². The van der Waals surface area contributed by atoms with Crippen LogP contribution in [-0.4, -0.2) is 47.0 Å². The molecule has 1 saturated heterocycles. The maximum atomic E-state index is 13.2. The number of likely N-dealkylation sites (tertiary alicyclic amines) is 1. The summed E-state index contributed by atoms with van der Waals surface area (Å²) in [5.74, 6) is -0.440. The third kappa shape index (κ3) is 3.60. The molecule has 1 aromatic heterocycles. The van der Waals surface area contributed by atoms with Gasteiger partial charge in [-0.25, -0.2) is 12.8 Å². The van der Waals surface area contributed by atoms with Crippen molar-refractivity contribution in [1.29, 1.82) is 0 Å². The largest absolute Gasteiger partial charge is 0.297 e. The summed E-state index contributed by atoms with van der Waals surface area (Å²) in [6, 6.07) is 5.20. The van der Waals surface area contributed by atoms with Gasteiger partial charge in [0.25, 0.3) is 0 Å². The number of fused-ring (bicyclic) bond motifs is 1. The molecule has 1 fully saturated rings. The lowest BCUT2D eigenvalue weighted by Gasteiger charge is -2.28. The minimum atomic E-state index is -3.66. The summed E-state index contributed by atoms with van der Waals surface area (Å²) < 4.78 is 42.8. The zero-order valence-electron chi connectivity index (χ0n) is 16.4. The first kappa shape index (κ1) is 19.5. The molecule has 1 aromatic carbocycles. The highest BCUT2D eigenvalue weighted by Crippen LogP contribution is 2.30. The summed E-state index contributed by atoms with van der Waals surface area (Å²) in [4.78, 5) is 2.56. The molecule has 3 heterocycles. The van der Waals surface area contributed by atoms with Crippen molar-refractivity contribution in [2.24, 2.45) is 0 Å². The molecule has 0 spiro atoms. The molecule has 152 valence electrons. The van der Waals surface area contributed by atoms with Crippen LogP contribution in [0.4, 0.5) is 4.39 Å². The molecule has 2 aliphatic rings. The van der Waals surface area contributed by atoms with Crippen LogP contribution < -0.4 is 0 Å². The number of nitrogens with zero attached hydrogens (tertiary/aromatic N) is 4. The van der Waals surface area contributed by atoms with Gasteiger partial charge in [0.15, 0.2) is 0 Å². The van der Waals surface area contributed by atoms with Crippen molar-refractivity contribution >= 4 is 10.0 Å². The number of benzene rings is 1. The van der Waals surface area contributed by atoms with Gasteiger partial charge in [-0.05, 0) is 70.5 Å². The second kappa shape index (κ2) is 7.57. The lowest BCUT2D eigenvalue weighted by molar-refractivity contribution is 0.323. The van der Waals surface area contributed by atoms with Crippen LogP contribution in [-0.2, 0) is 29.5 Å². The monoisotopic (exact) mass is 406 g/mol. The average Bonchev–Trinajstić information content (AvgIpc) is 3.30. The van der Waals surface area contributed by atoms with E-state index in [1.807, 2.05) is 4.68 Å². The van der Waals surface area contributed by atoms with Gasteiger partial charge in [-0.3, -0.25) is 9.58 Å². The van der Waals surface area contributed by atoms with Crippen molar-refractivity contribution in [3.8, 4) is 0 Å². The van der Waals surface area contributed by atoms with Crippen LogP contribution in [0.15, 0.2) is 29.2 Å². The third-order valence-corrected chi connectivity index (χ3v) is 7.51. The normalized spacial score (nSPS) is 18.7. The molecular weight excluding hydrogens is 379 g/mol. The van der Waals surface area contributed by atoms with Crippen LogP contribution in [0, 0.1) is 5.82 Å². The van der Waals surface area contributed by atoms with E-state index in [0.717, 1.165) is 31.0 Å². The number of rotatable bonds is 5. The molecule has 0 radical (unpaired) electrons. The van der Waals surface area contributed by atoms with E-state index >= 15 is 0 Å². The standard InChI is InChI=1S/C20H27FN4O2S/c1-15(2)25-20-14-24(28(26,27)17-7-5-16(21)6-8-17)12-9-18(20)19(22-25)13-23-10-3-4-11-23/h5-8,15H,3-4,9-14H2,1-2H3. The number of hydrogen-bond acceptors (Lipinski definition) is 4. The highest BCUT2D eigenvalue weighted by Gasteiger charge is 2.33. The van der Waals surface area contributed by atoms with Crippen molar-refractivity contribution in [3.05, 3.63) is 47.0 Å². The smallest absolute Gasteiger partial charge is 0.243 e. The molecule has 2 aromatic rings. The fourth-order valence-corrected chi connectivity index (χ4v) is 5.56. The Morgan fingerprint density at radius 1 is 1.11 bits per heavy atom.